The summed E-state index contributed by atoms with van der Waals surface area (Å²) in [5.41, 5.74) is 1.96. The zero-order valence-electron chi connectivity index (χ0n) is 18.2. The zero-order valence-corrected chi connectivity index (χ0v) is 19.0. The largest absolute Gasteiger partial charge is 0.380 e. The first-order valence-electron chi connectivity index (χ1n) is 10.5. The minimum atomic E-state index is -3.75. The van der Waals surface area contributed by atoms with Gasteiger partial charge in [0.25, 0.3) is 5.91 Å². The number of H-pyrrole nitrogens is 1. The van der Waals surface area contributed by atoms with Crippen LogP contribution in [0.4, 0.5) is 0 Å². The number of nitrogens with one attached hydrogen (secondary N) is 2. The van der Waals surface area contributed by atoms with E-state index in [1.807, 2.05) is 24.3 Å². The number of carbonyl (C=O) groups excluding carboxylic acids is 1. The molecule has 1 fully saturated rings. The Morgan fingerprint density at radius 1 is 1.09 bits per heavy atom. The van der Waals surface area contributed by atoms with Crippen molar-refractivity contribution in [3.05, 3.63) is 75.6 Å². The summed E-state index contributed by atoms with van der Waals surface area (Å²) < 4.78 is 37.8. The molecule has 0 saturated carbocycles. The number of pyridine rings is 1. The van der Waals surface area contributed by atoms with E-state index in [0.717, 1.165) is 11.1 Å². The molecule has 3 aromatic rings. The lowest BCUT2D eigenvalue weighted by Crippen LogP contribution is -2.40. The first-order chi connectivity index (χ1) is 15.9. The molecule has 0 spiro atoms. The number of ether oxygens (including phenoxy) is 2. The van der Waals surface area contributed by atoms with Crippen LogP contribution in [-0.4, -0.2) is 57.0 Å². The van der Waals surface area contributed by atoms with Crippen molar-refractivity contribution < 1.29 is 22.7 Å². The van der Waals surface area contributed by atoms with Crippen LogP contribution in [0, 0.1) is 0 Å². The van der Waals surface area contributed by atoms with Crippen molar-refractivity contribution in [2.45, 2.75) is 18.0 Å². The van der Waals surface area contributed by atoms with Gasteiger partial charge in [-0.05, 0) is 29.3 Å². The number of amides is 1. The van der Waals surface area contributed by atoms with Gasteiger partial charge in [-0.2, -0.15) is 4.31 Å². The Bertz CT molecular complexity index is 1310. The molecule has 1 aliphatic heterocycles. The summed E-state index contributed by atoms with van der Waals surface area (Å²) in [4.78, 5) is 27.8. The highest BCUT2D eigenvalue weighted by Gasteiger charge is 2.27. The van der Waals surface area contributed by atoms with Gasteiger partial charge in [0.15, 0.2) is 0 Å². The number of aromatic nitrogens is 1. The highest BCUT2D eigenvalue weighted by Crippen LogP contribution is 2.23. The predicted octanol–water partition coefficient (Wildman–Crippen LogP) is 1.63. The van der Waals surface area contributed by atoms with Crippen molar-refractivity contribution >= 4 is 26.8 Å². The van der Waals surface area contributed by atoms with Gasteiger partial charge in [-0.3, -0.25) is 9.59 Å². The van der Waals surface area contributed by atoms with Crippen LogP contribution in [0.15, 0.2) is 58.2 Å². The Kier molecular flexibility index (Phi) is 6.89. The molecule has 0 radical (unpaired) electrons. The molecular formula is C23H25N3O6S. The number of morpholine rings is 1. The van der Waals surface area contributed by atoms with Crippen LogP contribution in [0.25, 0.3) is 10.9 Å². The fraction of sp³-hybridized carbons (Fsp3) is 0.304. The maximum atomic E-state index is 13.1. The summed E-state index contributed by atoms with van der Waals surface area (Å²) in [5, 5.41) is 3.17. The van der Waals surface area contributed by atoms with Gasteiger partial charge in [-0.25, -0.2) is 8.42 Å². The summed E-state index contributed by atoms with van der Waals surface area (Å²) in [6.07, 6.45) is 0. The maximum absolute atomic E-state index is 13.1. The molecule has 0 atom stereocenters. The molecule has 2 N–H and O–H groups in total. The summed E-state index contributed by atoms with van der Waals surface area (Å²) >= 11 is 0. The second-order valence-corrected chi connectivity index (χ2v) is 9.64. The topological polar surface area (TPSA) is 118 Å². The molecule has 0 aliphatic carbocycles. The monoisotopic (exact) mass is 471 g/mol. The number of hydrogen-bond acceptors (Lipinski definition) is 6. The normalized spacial score (nSPS) is 14.9. The molecule has 33 heavy (non-hydrogen) atoms. The van der Waals surface area contributed by atoms with Gasteiger partial charge in [-0.1, -0.05) is 24.3 Å². The number of fused-ring (bicyclic) bond motifs is 1. The number of hydrogen-bond donors (Lipinski definition) is 2. The zero-order chi connectivity index (χ0) is 23.4. The predicted molar refractivity (Wildman–Crippen MR) is 122 cm³/mol. The van der Waals surface area contributed by atoms with Gasteiger partial charge in [0, 0.05) is 43.7 Å². The minimum absolute atomic E-state index is 0.0618. The molecule has 1 aliphatic rings. The van der Waals surface area contributed by atoms with E-state index >= 15 is 0 Å². The molecule has 174 valence electrons. The van der Waals surface area contributed by atoms with Crippen molar-refractivity contribution in [2.75, 3.05) is 33.4 Å². The van der Waals surface area contributed by atoms with Crippen molar-refractivity contribution in [1.29, 1.82) is 0 Å². The van der Waals surface area contributed by atoms with E-state index in [9.17, 15) is 18.0 Å². The van der Waals surface area contributed by atoms with E-state index in [0.29, 0.717) is 30.7 Å². The third kappa shape index (κ3) is 5.14. The molecule has 1 amide bonds. The Morgan fingerprint density at radius 3 is 2.48 bits per heavy atom. The SMILES string of the molecule is COCc1ccc(CNC(=O)c2cc(=O)[nH]c3ccc(S(=O)(=O)N4CCOCC4)cc23)cc1. The number of methoxy groups -OCH3 is 1. The number of nitrogens with zero attached hydrogens (tertiary/aromatic N) is 1. The summed E-state index contributed by atoms with van der Waals surface area (Å²) in [6.45, 7) is 1.96. The van der Waals surface area contributed by atoms with Crippen molar-refractivity contribution in [1.82, 2.24) is 14.6 Å². The van der Waals surface area contributed by atoms with E-state index in [-0.39, 0.29) is 30.1 Å². The molecule has 4 rings (SSSR count). The Balaban J connectivity index is 1.61. The van der Waals surface area contributed by atoms with Crippen LogP contribution in [0.3, 0.4) is 0 Å². The number of sulfonamides is 1. The Labute approximate surface area is 191 Å². The maximum Gasteiger partial charge on any atom is 0.252 e. The van der Waals surface area contributed by atoms with Crippen molar-refractivity contribution in [2.24, 2.45) is 0 Å². The first-order valence-corrected chi connectivity index (χ1v) is 11.9. The molecule has 0 unspecified atom stereocenters. The molecule has 1 saturated heterocycles. The smallest absolute Gasteiger partial charge is 0.252 e. The minimum Gasteiger partial charge on any atom is -0.380 e. The van der Waals surface area contributed by atoms with Gasteiger partial charge in [0.05, 0.1) is 30.3 Å². The van der Waals surface area contributed by atoms with Crippen LogP contribution in [-0.2, 0) is 32.6 Å². The van der Waals surface area contributed by atoms with E-state index in [2.05, 4.69) is 10.3 Å². The van der Waals surface area contributed by atoms with Crippen LogP contribution in [0.1, 0.15) is 21.5 Å². The fourth-order valence-electron chi connectivity index (χ4n) is 3.71. The fourth-order valence-corrected chi connectivity index (χ4v) is 5.15. The van der Waals surface area contributed by atoms with Crippen LogP contribution < -0.4 is 10.9 Å². The van der Waals surface area contributed by atoms with Crippen LogP contribution in [0.2, 0.25) is 0 Å². The molecule has 9 nitrogen and oxygen atoms in total. The Morgan fingerprint density at radius 2 is 1.79 bits per heavy atom. The highest BCUT2D eigenvalue weighted by atomic mass is 32.2. The van der Waals surface area contributed by atoms with Crippen LogP contribution in [0.5, 0.6) is 0 Å². The summed E-state index contributed by atoms with van der Waals surface area (Å²) in [5.74, 6) is -0.465. The quantitative estimate of drug-likeness (QED) is 0.541. The lowest BCUT2D eigenvalue weighted by molar-refractivity contribution is 0.0730. The molecule has 0 bridgehead atoms. The highest BCUT2D eigenvalue weighted by molar-refractivity contribution is 7.89. The second-order valence-electron chi connectivity index (χ2n) is 7.70. The van der Waals surface area contributed by atoms with Crippen molar-refractivity contribution in [3.8, 4) is 0 Å². The Hall–Kier alpha value is -3.05. The average molecular weight is 472 g/mol. The van der Waals surface area contributed by atoms with Crippen LogP contribution >= 0.6 is 0 Å². The standard InChI is InChI=1S/C23H25N3O6S/c1-31-15-17-4-2-16(3-5-17)14-24-23(28)20-13-22(27)25-21-7-6-18(12-19(20)21)33(29,30)26-8-10-32-11-9-26/h2-7,12-13H,8-11,14-15H2,1H3,(H,24,28)(H,25,27). The summed E-state index contributed by atoms with van der Waals surface area (Å²) in [6, 6.07) is 13.2. The average Bonchev–Trinajstić information content (AvgIpc) is 2.83. The molecule has 1 aromatic heterocycles. The van der Waals surface area contributed by atoms with E-state index < -0.39 is 21.5 Å². The van der Waals surface area contributed by atoms with Gasteiger partial charge >= 0.3 is 0 Å². The van der Waals surface area contributed by atoms with Gasteiger partial charge in [0.1, 0.15) is 0 Å². The van der Waals surface area contributed by atoms with E-state index in [1.165, 1.54) is 28.6 Å². The van der Waals surface area contributed by atoms with Gasteiger partial charge in [0.2, 0.25) is 15.6 Å². The second kappa shape index (κ2) is 9.84. The van der Waals surface area contributed by atoms with Gasteiger partial charge < -0.3 is 19.8 Å². The molecular weight excluding hydrogens is 446 g/mol. The molecule has 2 heterocycles. The lowest BCUT2D eigenvalue weighted by atomic mass is 10.1. The summed E-state index contributed by atoms with van der Waals surface area (Å²) in [7, 11) is -2.13. The van der Waals surface area contributed by atoms with Gasteiger partial charge in [-0.15, -0.1) is 0 Å². The number of carbonyl (C=O) groups is 1. The molecule has 10 heteroatoms. The lowest BCUT2D eigenvalue weighted by Gasteiger charge is -2.26. The van der Waals surface area contributed by atoms with E-state index in [1.54, 1.807) is 7.11 Å². The van der Waals surface area contributed by atoms with E-state index in [4.69, 9.17) is 9.47 Å². The number of aromatic amines is 1. The number of rotatable bonds is 7. The van der Waals surface area contributed by atoms with Crippen molar-refractivity contribution in [3.63, 3.8) is 0 Å². The first kappa shape index (κ1) is 23.1. The third-order valence-electron chi connectivity index (χ3n) is 5.45. The molecule has 2 aromatic carbocycles. The third-order valence-corrected chi connectivity index (χ3v) is 7.35. The number of benzene rings is 2.